The molecule has 598 valence electrons. The standard InChI is InChI=1S/4C17H33NO2.C16H32N2O2.CH4/c1-9-13(16(2,3)4)12-18(8)15(20)11-10-14(19)17(5,6)7;1-9-10-13(16(2,3)4)18(8)15(20)12-11-14(19)17(5,6)7;1-9-10-11-18(8)14(19)12-13(16(2,3)4)15(20)17(5,6)7;1-9-10-11-18(8)15(20)13(16(2,3)4)12-14(19)17(5,6)7;1-15(2,3)13(19)9-10-14(20)17(7)11-12-18(8)16(4,5)6;/h4*13H,9-12H2,1-8H3;9-12H2,1-8H3;1H4. The highest BCUT2D eigenvalue weighted by Gasteiger charge is 2.40. The molecule has 0 aromatic heterocycles. The minimum absolute atomic E-state index is 0. The van der Waals surface area contributed by atoms with Crippen molar-refractivity contribution in [3.8, 4) is 0 Å². The van der Waals surface area contributed by atoms with Crippen LogP contribution < -0.4 is 0 Å². The molecule has 0 aromatic rings. The van der Waals surface area contributed by atoms with Crippen molar-refractivity contribution in [2.75, 3.05) is 75.0 Å². The summed E-state index contributed by atoms with van der Waals surface area (Å²) in [5, 5.41) is 0. The molecule has 101 heavy (non-hydrogen) atoms. The fourth-order valence-electron chi connectivity index (χ4n) is 10.4. The Morgan fingerprint density at radius 3 is 0.970 bits per heavy atom. The first-order valence-corrected chi connectivity index (χ1v) is 38.1. The van der Waals surface area contributed by atoms with Gasteiger partial charge >= 0.3 is 0 Å². The van der Waals surface area contributed by atoms with Crippen molar-refractivity contribution in [2.45, 2.75) is 351 Å². The normalized spacial score (nSPS) is 13.6. The molecule has 0 fully saturated rings. The minimum atomic E-state index is -0.403. The molecule has 5 amide bonds. The van der Waals surface area contributed by atoms with Crippen LogP contribution in [-0.2, 0) is 47.9 Å². The number of likely N-dealkylation sites (N-methyl/N-ethyl adjacent to an activating group) is 2. The molecule has 0 N–H and O–H groups in total. The van der Waals surface area contributed by atoms with Gasteiger partial charge in [-0.25, -0.2) is 0 Å². The highest BCUT2D eigenvalue weighted by Crippen LogP contribution is 2.37. The Labute approximate surface area is 625 Å². The number of amides is 5. The first-order chi connectivity index (χ1) is 44.5. The van der Waals surface area contributed by atoms with Crippen LogP contribution in [0.15, 0.2) is 0 Å². The van der Waals surface area contributed by atoms with Gasteiger partial charge in [0, 0.05) is 170 Å². The zero-order valence-corrected chi connectivity index (χ0v) is 73.2. The Balaban J connectivity index is -0.000000279. The number of nitrogens with zero attached hydrogens (tertiary/aromatic N) is 6. The molecular weight excluding hydrogens is 1260 g/mol. The van der Waals surface area contributed by atoms with Crippen LogP contribution in [0.1, 0.15) is 339 Å². The zero-order valence-electron chi connectivity index (χ0n) is 73.2. The number of ketones is 5. The van der Waals surface area contributed by atoms with Gasteiger partial charge in [-0.15, -0.1) is 0 Å². The van der Waals surface area contributed by atoms with Crippen molar-refractivity contribution in [1.82, 2.24) is 29.4 Å². The van der Waals surface area contributed by atoms with E-state index in [-0.39, 0.29) is 133 Å². The lowest BCUT2D eigenvalue weighted by Crippen LogP contribution is -2.45. The van der Waals surface area contributed by atoms with Gasteiger partial charge in [0.15, 0.2) is 0 Å². The average Bonchev–Trinajstić information content (AvgIpc) is 0.835. The van der Waals surface area contributed by atoms with E-state index in [1.54, 1.807) is 26.6 Å². The SMILES string of the molecule is C.CCC(CN(C)C(=O)CCC(=O)C(C)(C)C)C(C)(C)C.CCCC(N(C)C(=O)CCC(=O)C(C)(C)C)C(C)(C)C.CCCCN(C)C(=O)C(CC(=O)C(C)(C)C)C(C)(C)C.CCCCN(C)C(=O)CC(C(=O)C(C)(C)C)C(C)(C)C.CN(CCN(C)C(C)(C)C)C(=O)CCC(=O)C(C)(C)C. The third-order valence-corrected chi connectivity index (χ3v) is 19.2. The van der Waals surface area contributed by atoms with E-state index in [0.717, 1.165) is 71.1 Å². The van der Waals surface area contributed by atoms with Crippen LogP contribution in [-0.4, -0.2) is 174 Å². The molecule has 4 atom stereocenters. The Morgan fingerprint density at radius 2 is 0.673 bits per heavy atom. The summed E-state index contributed by atoms with van der Waals surface area (Å²) in [6.07, 6.45) is 9.91. The van der Waals surface area contributed by atoms with Crippen LogP contribution in [0.3, 0.4) is 0 Å². The largest absolute Gasteiger partial charge is 0.346 e. The van der Waals surface area contributed by atoms with E-state index in [1.807, 2.05) is 178 Å². The summed E-state index contributed by atoms with van der Waals surface area (Å²) in [7, 11) is 11.3. The topological polar surface area (TPSA) is 190 Å². The summed E-state index contributed by atoms with van der Waals surface area (Å²) in [6.45, 7) is 72.8. The van der Waals surface area contributed by atoms with Gasteiger partial charge < -0.3 is 24.5 Å². The molecule has 0 aliphatic rings. The van der Waals surface area contributed by atoms with Gasteiger partial charge in [0.05, 0.1) is 0 Å². The lowest BCUT2D eigenvalue weighted by Gasteiger charge is -2.38. The number of carbonyl (C=O) groups excluding carboxylic acids is 10. The lowest BCUT2D eigenvalue weighted by molar-refractivity contribution is -0.142. The second-order valence-electron chi connectivity index (χ2n) is 39.2. The molecule has 0 aliphatic carbocycles. The van der Waals surface area contributed by atoms with Gasteiger partial charge in [-0.2, -0.15) is 0 Å². The average molecular weight is 1430 g/mol. The molecule has 0 saturated carbocycles. The second-order valence-corrected chi connectivity index (χ2v) is 39.2. The molecule has 16 nitrogen and oxygen atoms in total. The molecule has 0 bridgehead atoms. The van der Waals surface area contributed by atoms with Gasteiger partial charge in [0.1, 0.15) is 28.9 Å². The summed E-state index contributed by atoms with van der Waals surface area (Å²) < 4.78 is 0. The summed E-state index contributed by atoms with van der Waals surface area (Å²) in [5.74, 6) is 1.20. The van der Waals surface area contributed by atoms with Gasteiger partial charge in [-0.3, -0.25) is 52.8 Å². The Bertz CT molecular complexity index is 2460. The fourth-order valence-corrected chi connectivity index (χ4v) is 10.4. The van der Waals surface area contributed by atoms with E-state index in [9.17, 15) is 47.9 Å². The molecule has 4 unspecified atom stereocenters. The molecule has 0 aliphatic heterocycles. The third kappa shape index (κ3) is 47.7. The molecule has 0 heterocycles. The van der Waals surface area contributed by atoms with E-state index in [4.69, 9.17) is 0 Å². The van der Waals surface area contributed by atoms with Crippen LogP contribution in [0.5, 0.6) is 0 Å². The number of unbranched alkanes of at least 4 members (excludes halogenated alkanes) is 2. The van der Waals surface area contributed by atoms with Crippen LogP contribution in [0.2, 0.25) is 0 Å². The van der Waals surface area contributed by atoms with Gasteiger partial charge in [-0.05, 0) is 74.7 Å². The fraction of sp³-hybridized carbons (Fsp3) is 0.882. The Kier molecular flexibility index (Phi) is 49.6. The second kappa shape index (κ2) is 46.6. The minimum Gasteiger partial charge on any atom is -0.346 e. The number of carbonyl (C=O) groups is 10. The van der Waals surface area contributed by atoms with Crippen molar-refractivity contribution in [3.63, 3.8) is 0 Å². The van der Waals surface area contributed by atoms with E-state index in [0.29, 0.717) is 63.8 Å². The van der Waals surface area contributed by atoms with Crippen molar-refractivity contribution in [3.05, 3.63) is 0 Å². The number of hydrogen-bond donors (Lipinski definition) is 0. The molecule has 0 saturated heterocycles. The Hall–Kier alpha value is -4.34. The van der Waals surface area contributed by atoms with Gasteiger partial charge in [0.2, 0.25) is 29.5 Å². The summed E-state index contributed by atoms with van der Waals surface area (Å²) in [5.41, 5.74) is -1.87. The van der Waals surface area contributed by atoms with Crippen molar-refractivity contribution >= 4 is 58.5 Å². The summed E-state index contributed by atoms with van der Waals surface area (Å²) in [6, 6.07) is 0.227. The maximum atomic E-state index is 12.6. The zero-order chi connectivity index (χ0) is 80.7. The monoisotopic (exact) mass is 1430 g/mol. The molecule has 0 radical (unpaired) electrons. The van der Waals surface area contributed by atoms with Crippen LogP contribution in [0.25, 0.3) is 0 Å². The maximum Gasteiger partial charge on any atom is 0.226 e. The van der Waals surface area contributed by atoms with E-state index in [2.05, 4.69) is 102 Å². The summed E-state index contributed by atoms with van der Waals surface area (Å²) >= 11 is 0. The number of hydrogen-bond acceptors (Lipinski definition) is 11. The predicted octanol–water partition coefficient (Wildman–Crippen LogP) is 19.0. The Morgan fingerprint density at radius 1 is 0.327 bits per heavy atom. The molecule has 0 aromatic carbocycles. The maximum absolute atomic E-state index is 12.6. The van der Waals surface area contributed by atoms with Gasteiger partial charge in [0.25, 0.3) is 0 Å². The molecular formula is C85H168N6O10. The number of rotatable bonds is 30. The number of Topliss-reactive ketones (excluding diaryl/α,β-unsaturated/α-hetero) is 5. The van der Waals surface area contributed by atoms with Crippen LogP contribution >= 0.6 is 0 Å². The third-order valence-electron chi connectivity index (χ3n) is 19.2. The van der Waals surface area contributed by atoms with E-state index >= 15 is 0 Å². The lowest BCUT2D eigenvalue weighted by atomic mass is 9.69. The highest BCUT2D eigenvalue weighted by atomic mass is 16.2. The van der Waals surface area contributed by atoms with Gasteiger partial charge in [-0.1, -0.05) is 248 Å². The molecule has 0 rings (SSSR count). The summed E-state index contributed by atoms with van der Waals surface area (Å²) in [4.78, 5) is 133. The van der Waals surface area contributed by atoms with Crippen LogP contribution in [0.4, 0.5) is 0 Å². The van der Waals surface area contributed by atoms with Crippen LogP contribution in [0, 0.1) is 66.5 Å². The van der Waals surface area contributed by atoms with E-state index < -0.39 is 5.41 Å². The first kappa shape index (κ1) is 108. The van der Waals surface area contributed by atoms with Crippen molar-refractivity contribution in [1.29, 1.82) is 0 Å². The molecule has 16 heteroatoms. The smallest absolute Gasteiger partial charge is 0.226 e. The predicted molar refractivity (Wildman–Crippen MR) is 429 cm³/mol. The quantitative estimate of drug-likeness (QED) is 0.0665. The van der Waals surface area contributed by atoms with Crippen molar-refractivity contribution < 1.29 is 47.9 Å². The first-order valence-electron chi connectivity index (χ1n) is 38.1. The molecule has 0 spiro atoms. The van der Waals surface area contributed by atoms with E-state index in [1.165, 1.54) is 0 Å². The van der Waals surface area contributed by atoms with Crippen molar-refractivity contribution in [2.24, 2.45) is 66.5 Å². The highest BCUT2D eigenvalue weighted by molar-refractivity contribution is 5.92.